The van der Waals surface area contributed by atoms with Crippen LogP contribution in [0.2, 0.25) is 0 Å². The lowest BCUT2D eigenvalue weighted by molar-refractivity contribution is -0.137. The molecule has 0 radical (unpaired) electrons. The number of halogens is 3. The molecule has 1 aliphatic rings. The molecule has 0 fully saturated rings. The summed E-state index contributed by atoms with van der Waals surface area (Å²) < 4.78 is 51.0. The Kier molecular flexibility index (Phi) is 6.74. The highest BCUT2D eigenvalue weighted by Gasteiger charge is 2.41. The van der Waals surface area contributed by atoms with Crippen LogP contribution in [-0.4, -0.2) is 45.5 Å². The Morgan fingerprint density at radius 3 is 2.26 bits per heavy atom. The summed E-state index contributed by atoms with van der Waals surface area (Å²) in [5, 5.41) is 4.66. The summed E-state index contributed by atoms with van der Waals surface area (Å²) in [6.07, 6.45) is -4.94. The molecule has 186 valence electrons. The number of aromatic nitrogens is 2. The highest BCUT2D eigenvalue weighted by atomic mass is 19.4. The number of alkyl halides is 3. The molecule has 0 bridgehead atoms. The number of nitrogens with zero attached hydrogens (tertiary/aromatic N) is 3. The number of amides is 1. The number of rotatable bonds is 4. The molecular weight excluding hydrogens is 451 g/mol. The molecule has 0 saturated heterocycles. The van der Waals surface area contributed by atoms with Crippen molar-refractivity contribution in [2.24, 2.45) is 0 Å². The maximum atomic E-state index is 12.9. The van der Waals surface area contributed by atoms with Gasteiger partial charge in [-0.15, -0.1) is 0 Å². The Hall–Kier alpha value is -3.04. The van der Waals surface area contributed by atoms with Gasteiger partial charge in [-0.2, -0.15) is 18.3 Å². The van der Waals surface area contributed by atoms with Crippen molar-refractivity contribution in [1.29, 1.82) is 0 Å². The monoisotopic (exact) mass is 481 g/mol. The van der Waals surface area contributed by atoms with Gasteiger partial charge in [-0.3, -0.25) is 4.68 Å². The molecule has 1 amide bonds. The predicted octanol–water partition coefficient (Wildman–Crippen LogP) is 5.16. The number of hydrogen-bond acceptors (Lipinski definition) is 5. The minimum Gasteiger partial charge on any atom is -0.461 e. The molecular formula is C24H30F3N3O4. The highest BCUT2D eigenvalue weighted by Crippen LogP contribution is 2.36. The van der Waals surface area contributed by atoms with Gasteiger partial charge in [0.15, 0.2) is 5.69 Å². The van der Waals surface area contributed by atoms with E-state index in [1.54, 1.807) is 27.7 Å². The second kappa shape index (κ2) is 8.96. The van der Waals surface area contributed by atoms with Crippen LogP contribution < -0.4 is 0 Å². The van der Waals surface area contributed by atoms with Gasteiger partial charge in [0.1, 0.15) is 5.60 Å². The average Bonchev–Trinajstić information content (AvgIpc) is 3.05. The minimum absolute atomic E-state index is 0.0712. The molecule has 1 aromatic carbocycles. The third kappa shape index (κ3) is 5.53. The number of ether oxygens (including phenoxy) is 2. The maximum Gasteiger partial charge on any atom is 0.416 e. The first kappa shape index (κ1) is 25.6. The highest BCUT2D eigenvalue weighted by molar-refractivity contribution is 5.90. The summed E-state index contributed by atoms with van der Waals surface area (Å²) in [5.74, 6) is -0.606. The van der Waals surface area contributed by atoms with E-state index in [2.05, 4.69) is 5.10 Å². The summed E-state index contributed by atoms with van der Waals surface area (Å²) in [6, 6.07) is 4.71. The van der Waals surface area contributed by atoms with Gasteiger partial charge in [0.2, 0.25) is 0 Å². The summed E-state index contributed by atoms with van der Waals surface area (Å²) in [7, 11) is 0. The van der Waals surface area contributed by atoms with Crippen LogP contribution in [0.25, 0.3) is 0 Å². The standard InChI is InChI=1S/C24H30F3N3O4/c1-7-33-20(31)18-17-13-29(21(32)34-22(2,3)4)14-23(5,6)19(17)28-30(18)12-15-8-10-16(11-9-15)24(25,26)27/h8-11H,7,12-14H2,1-6H3. The second-order valence-corrected chi connectivity index (χ2v) is 9.97. The third-order valence-corrected chi connectivity index (χ3v) is 5.36. The molecule has 0 unspecified atom stereocenters. The molecule has 2 aromatic rings. The van der Waals surface area contributed by atoms with Gasteiger partial charge in [0, 0.05) is 17.5 Å². The molecule has 10 heteroatoms. The fourth-order valence-electron chi connectivity index (χ4n) is 3.96. The van der Waals surface area contributed by atoms with Crippen LogP contribution in [-0.2, 0) is 34.2 Å². The van der Waals surface area contributed by atoms with E-state index in [1.807, 2.05) is 13.8 Å². The largest absolute Gasteiger partial charge is 0.461 e. The molecule has 0 saturated carbocycles. The van der Waals surface area contributed by atoms with Gasteiger partial charge in [-0.25, -0.2) is 9.59 Å². The Bertz CT molecular complexity index is 1070. The zero-order chi connectivity index (χ0) is 25.5. The van der Waals surface area contributed by atoms with Crippen molar-refractivity contribution in [3.63, 3.8) is 0 Å². The van der Waals surface area contributed by atoms with Crippen molar-refractivity contribution in [2.75, 3.05) is 13.2 Å². The van der Waals surface area contributed by atoms with Gasteiger partial charge in [0.25, 0.3) is 0 Å². The van der Waals surface area contributed by atoms with Gasteiger partial charge in [0.05, 0.1) is 31.0 Å². The first-order valence-corrected chi connectivity index (χ1v) is 11.0. The van der Waals surface area contributed by atoms with Crippen LogP contribution in [0.1, 0.15) is 74.4 Å². The van der Waals surface area contributed by atoms with Crippen molar-refractivity contribution in [3.05, 3.63) is 52.3 Å². The number of carbonyl (C=O) groups excluding carboxylic acids is 2. The molecule has 1 aromatic heterocycles. The lowest BCUT2D eigenvalue weighted by atomic mass is 9.82. The average molecular weight is 482 g/mol. The molecule has 0 atom stereocenters. The maximum absolute atomic E-state index is 12.9. The van der Waals surface area contributed by atoms with Gasteiger partial charge in [-0.1, -0.05) is 26.0 Å². The molecule has 34 heavy (non-hydrogen) atoms. The Balaban J connectivity index is 2.01. The Labute approximate surface area is 196 Å². The van der Waals surface area contributed by atoms with E-state index in [1.165, 1.54) is 21.7 Å². The molecule has 0 aliphatic carbocycles. The van der Waals surface area contributed by atoms with E-state index >= 15 is 0 Å². The van der Waals surface area contributed by atoms with Crippen molar-refractivity contribution >= 4 is 12.1 Å². The quantitative estimate of drug-likeness (QED) is 0.565. The second-order valence-electron chi connectivity index (χ2n) is 9.97. The van der Waals surface area contributed by atoms with Crippen molar-refractivity contribution in [1.82, 2.24) is 14.7 Å². The summed E-state index contributed by atoms with van der Waals surface area (Å²) in [5.41, 5.74) is -0.126. The fraction of sp³-hybridized carbons (Fsp3) is 0.542. The first-order chi connectivity index (χ1) is 15.6. The topological polar surface area (TPSA) is 73.7 Å². The van der Waals surface area contributed by atoms with Crippen LogP contribution >= 0.6 is 0 Å². The summed E-state index contributed by atoms with van der Waals surface area (Å²) >= 11 is 0. The lowest BCUT2D eigenvalue weighted by Gasteiger charge is -2.37. The third-order valence-electron chi connectivity index (χ3n) is 5.36. The summed E-state index contributed by atoms with van der Waals surface area (Å²) in [4.78, 5) is 27.2. The molecule has 3 rings (SSSR count). The SMILES string of the molecule is CCOC(=O)c1c2c(nn1Cc1ccc(C(F)(F)F)cc1)C(C)(C)CN(C(=O)OC(C)(C)C)C2. The lowest BCUT2D eigenvalue weighted by Crippen LogP contribution is -2.47. The van der Waals surface area contributed by atoms with E-state index in [4.69, 9.17) is 9.47 Å². The Morgan fingerprint density at radius 2 is 1.74 bits per heavy atom. The van der Waals surface area contributed by atoms with Gasteiger partial charge >= 0.3 is 18.2 Å². The molecule has 0 spiro atoms. The zero-order valence-electron chi connectivity index (χ0n) is 20.2. The van der Waals surface area contributed by atoms with E-state index < -0.39 is 34.8 Å². The van der Waals surface area contributed by atoms with Crippen LogP contribution in [0.15, 0.2) is 24.3 Å². The van der Waals surface area contributed by atoms with E-state index in [-0.39, 0.29) is 25.4 Å². The van der Waals surface area contributed by atoms with E-state index in [9.17, 15) is 22.8 Å². The smallest absolute Gasteiger partial charge is 0.416 e. The number of carbonyl (C=O) groups is 2. The van der Waals surface area contributed by atoms with Crippen molar-refractivity contribution in [2.45, 2.75) is 71.8 Å². The van der Waals surface area contributed by atoms with E-state index in [0.29, 0.717) is 23.4 Å². The number of fused-ring (bicyclic) bond motifs is 1. The van der Waals surface area contributed by atoms with Crippen molar-refractivity contribution in [3.8, 4) is 0 Å². The summed E-state index contributed by atoms with van der Waals surface area (Å²) in [6.45, 7) is 11.5. The van der Waals surface area contributed by atoms with Crippen molar-refractivity contribution < 1.29 is 32.2 Å². The van der Waals surface area contributed by atoms with Gasteiger partial charge < -0.3 is 14.4 Å². The Morgan fingerprint density at radius 1 is 1.12 bits per heavy atom. The molecule has 0 N–H and O–H groups in total. The minimum atomic E-state index is -4.44. The van der Waals surface area contributed by atoms with Crippen LogP contribution in [0, 0.1) is 0 Å². The number of benzene rings is 1. The van der Waals surface area contributed by atoms with E-state index in [0.717, 1.165) is 12.1 Å². The predicted molar refractivity (Wildman–Crippen MR) is 118 cm³/mol. The molecule has 1 aliphatic heterocycles. The van der Waals surface area contributed by atoms with Crippen LogP contribution in [0.4, 0.5) is 18.0 Å². The zero-order valence-corrected chi connectivity index (χ0v) is 20.2. The number of esters is 1. The van der Waals surface area contributed by atoms with Gasteiger partial charge in [-0.05, 0) is 45.4 Å². The molecule has 2 heterocycles. The first-order valence-electron chi connectivity index (χ1n) is 11.0. The normalized spacial score (nSPS) is 15.6. The number of hydrogen-bond donors (Lipinski definition) is 0. The van der Waals surface area contributed by atoms with Crippen LogP contribution in [0.5, 0.6) is 0 Å². The fourth-order valence-corrected chi connectivity index (χ4v) is 3.96. The molecule has 7 nitrogen and oxygen atoms in total. The van der Waals surface area contributed by atoms with Crippen LogP contribution in [0.3, 0.4) is 0 Å².